The summed E-state index contributed by atoms with van der Waals surface area (Å²) in [5, 5.41) is 3.73. The van der Waals surface area contributed by atoms with E-state index in [9.17, 15) is 9.59 Å². The van der Waals surface area contributed by atoms with Gasteiger partial charge in [-0.05, 0) is 70.5 Å². The molecule has 0 spiro atoms. The molecule has 3 heteroatoms. The Morgan fingerprint density at radius 1 is 0.576 bits per heavy atom. The highest BCUT2D eigenvalue weighted by Crippen LogP contribution is 2.27. The highest BCUT2D eigenvalue weighted by atomic mass is 16.6. The van der Waals surface area contributed by atoms with E-state index in [2.05, 4.69) is 13.8 Å². The molecule has 168 valence electrons. The quantitative estimate of drug-likeness (QED) is 0.209. The summed E-state index contributed by atoms with van der Waals surface area (Å²) in [5.41, 5.74) is 3.26. The minimum absolute atomic E-state index is 0.420. The molecule has 4 rings (SSSR count). The Bertz CT molecular complexity index is 1200. The van der Waals surface area contributed by atoms with Gasteiger partial charge in [0, 0.05) is 0 Å². The number of hydrogen-bond donors (Lipinski definition) is 0. The molecule has 4 aromatic rings. The molecule has 0 aliphatic carbocycles. The molecule has 0 saturated carbocycles. The standard InChI is InChI=1S/C30H30O3/c1-3-5-11-21-17-19-27(25-15-9-7-13-23(21)25)29(31)33-30(32)28-20-18-22(12-6-4-2)24-14-8-10-16-26(24)28/h7-10,13-20H,3-6,11-12H2,1-2H3. The number of rotatable bonds is 8. The fourth-order valence-corrected chi connectivity index (χ4v) is 4.44. The Hall–Kier alpha value is -3.46. The van der Waals surface area contributed by atoms with E-state index in [1.165, 1.54) is 11.1 Å². The summed E-state index contributed by atoms with van der Waals surface area (Å²) in [4.78, 5) is 26.1. The molecule has 0 aliphatic rings. The van der Waals surface area contributed by atoms with Crippen molar-refractivity contribution in [3.8, 4) is 0 Å². The molecule has 0 unspecified atom stereocenters. The van der Waals surface area contributed by atoms with Crippen molar-refractivity contribution in [2.24, 2.45) is 0 Å². The highest BCUT2D eigenvalue weighted by molar-refractivity contribution is 6.13. The average Bonchev–Trinajstić information content (AvgIpc) is 2.85. The van der Waals surface area contributed by atoms with Crippen LogP contribution in [-0.4, -0.2) is 11.9 Å². The van der Waals surface area contributed by atoms with Crippen molar-refractivity contribution < 1.29 is 14.3 Å². The van der Waals surface area contributed by atoms with E-state index in [1.807, 2.05) is 60.7 Å². The molecule has 0 fully saturated rings. The van der Waals surface area contributed by atoms with Gasteiger partial charge in [-0.15, -0.1) is 0 Å². The number of unbranched alkanes of at least 4 members (excludes halogenated alkanes) is 2. The van der Waals surface area contributed by atoms with Gasteiger partial charge in [0.25, 0.3) is 0 Å². The topological polar surface area (TPSA) is 43.4 Å². The van der Waals surface area contributed by atoms with E-state index in [1.54, 1.807) is 12.1 Å². The molecular formula is C30H30O3. The molecule has 0 atom stereocenters. The first-order chi connectivity index (χ1) is 16.1. The van der Waals surface area contributed by atoms with E-state index < -0.39 is 11.9 Å². The summed E-state index contributed by atoms with van der Waals surface area (Å²) < 4.78 is 5.40. The van der Waals surface area contributed by atoms with Crippen LogP contribution in [0.2, 0.25) is 0 Å². The normalized spacial score (nSPS) is 11.1. The number of carbonyl (C=O) groups is 2. The zero-order valence-corrected chi connectivity index (χ0v) is 19.4. The number of benzene rings is 4. The van der Waals surface area contributed by atoms with Crippen LogP contribution in [0.3, 0.4) is 0 Å². The van der Waals surface area contributed by atoms with Crippen LogP contribution in [-0.2, 0) is 17.6 Å². The maximum atomic E-state index is 13.1. The predicted molar refractivity (Wildman–Crippen MR) is 135 cm³/mol. The molecule has 0 aromatic heterocycles. The summed E-state index contributed by atoms with van der Waals surface area (Å²) in [6, 6.07) is 23.2. The number of carbonyl (C=O) groups excluding carboxylic acids is 2. The fourth-order valence-electron chi connectivity index (χ4n) is 4.44. The van der Waals surface area contributed by atoms with E-state index in [-0.39, 0.29) is 0 Å². The van der Waals surface area contributed by atoms with Gasteiger partial charge in [-0.2, -0.15) is 0 Å². The van der Waals surface area contributed by atoms with Gasteiger partial charge in [-0.3, -0.25) is 0 Å². The van der Waals surface area contributed by atoms with Crippen molar-refractivity contribution in [1.82, 2.24) is 0 Å². The number of esters is 2. The highest BCUT2D eigenvalue weighted by Gasteiger charge is 2.20. The number of fused-ring (bicyclic) bond motifs is 2. The van der Waals surface area contributed by atoms with Gasteiger partial charge in [0.2, 0.25) is 0 Å². The Morgan fingerprint density at radius 2 is 0.970 bits per heavy atom. The Kier molecular flexibility index (Phi) is 7.19. The van der Waals surface area contributed by atoms with Gasteiger partial charge in [-0.1, -0.05) is 87.4 Å². The van der Waals surface area contributed by atoms with Crippen molar-refractivity contribution in [3.63, 3.8) is 0 Å². The first-order valence-electron chi connectivity index (χ1n) is 11.9. The van der Waals surface area contributed by atoms with Crippen LogP contribution in [0.1, 0.15) is 71.4 Å². The molecular weight excluding hydrogens is 408 g/mol. The predicted octanol–water partition coefficient (Wildman–Crippen LogP) is 7.68. The SMILES string of the molecule is CCCCc1ccc(C(=O)OC(=O)c2ccc(CCCC)c3ccccc23)c2ccccc12. The molecule has 0 bridgehead atoms. The van der Waals surface area contributed by atoms with Gasteiger partial charge in [-0.25, -0.2) is 9.59 Å². The lowest BCUT2D eigenvalue weighted by Crippen LogP contribution is -2.14. The Balaban J connectivity index is 1.64. The van der Waals surface area contributed by atoms with Crippen LogP contribution in [0, 0.1) is 0 Å². The summed E-state index contributed by atoms with van der Waals surface area (Å²) in [6.45, 7) is 4.33. The minimum Gasteiger partial charge on any atom is -0.386 e. The van der Waals surface area contributed by atoms with E-state index >= 15 is 0 Å². The first-order valence-corrected chi connectivity index (χ1v) is 11.9. The lowest BCUT2D eigenvalue weighted by atomic mass is 9.96. The van der Waals surface area contributed by atoms with Crippen LogP contribution in [0.25, 0.3) is 21.5 Å². The van der Waals surface area contributed by atoms with Gasteiger partial charge >= 0.3 is 11.9 Å². The van der Waals surface area contributed by atoms with Crippen LogP contribution in [0.4, 0.5) is 0 Å². The van der Waals surface area contributed by atoms with Crippen LogP contribution in [0.5, 0.6) is 0 Å². The third kappa shape index (κ3) is 4.83. The third-order valence-corrected chi connectivity index (χ3v) is 6.25. The maximum absolute atomic E-state index is 13.1. The molecule has 33 heavy (non-hydrogen) atoms. The number of hydrogen-bond acceptors (Lipinski definition) is 3. The third-order valence-electron chi connectivity index (χ3n) is 6.25. The van der Waals surface area contributed by atoms with Crippen molar-refractivity contribution in [2.45, 2.75) is 52.4 Å². The zero-order chi connectivity index (χ0) is 23.2. The number of ether oxygens (including phenoxy) is 1. The minimum atomic E-state index is -0.614. The van der Waals surface area contributed by atoms with Crippen molar-refractivity contribution in [2.75, 3.05) is 0 Å². The smallest absolute Gasteiger partial charge is 0.346 e. The van der Waals surface area contributed by atoms with Crippen molar-refractivity contribution in [3.05, 3.63) is 95.1 Å². The number of aryl methyl sites for hydroxylation is 2. The molecule has 0 amide bonds. The van der Waals surface area contributed by atoms with Crippen LogP contribution < -0.4 is 0 Å². The molecule has 0 radical (unpaired) electrons. The van der Waals surface area contributed by atoms with E-state index in [0.717, 1.165) is 60.1 Å². The Morgan fingerprint density at radius 3 is 1.36 bits per heavy atom. The average molecular weight is 439 g/mol. The van der Waals surface area contributed by atoms with Crippen LogP contribution >= 0.6 is 0 Å². The second-order valence-corrected chi connectivity index (χ2v) is 8.52. The first kappa shape index (κ1) is 22.7. The monoisotopic (exact) mass is 438 g/mol. The zero-order valence-electron chi connectivity index (χ0n) is 19.4. The molecule has 4 aromatic carbocycles. The lowest BCUT2D eigenvalue weighted by molar-refractivity contribution is 0.0400. The molecule has 0 aliphatic heterocycles. The van der Waals surface area contributed by atoms with Gasteiger partial charge in [0.1, 0.15) is 0 Å². The van der Waals surface area contributed by atoms with Gasteiger partial charge < -0.3 is 4.74 Å². The second kappa shape index (κ2) is 10.4. The van der Waals surface area contributed by atoms with Crippen molar-refractivity contribution >= 4 is 33.5 Å². The molecule has 0 heterocycles. The van der Waals surface area contributed by atoms with Crippen molar-refractivity contribution in [1.29, 1.82) is 0 Å². The Labute approximate surface area is 195 Å². The second-order valence-electron chi connectivity index (χ2n) is 8.52. The molecule has 0 saturated heterocycles. The summed E-state index contributed by atoms with van der Waals surface area (Å²) in [6.07, 6.45) is 6.32. The maximum Gasteiger partial charge on any atom is 0.346 e. The van der Waals surface area contributed by atoms with Gasteiger partial charge in [0.15, 0.2) is 0 Å². The summed E-state index contributed by atoms with van der Waals surface area (Å²) >= 11 is 0. The fraction of sp³-hybridized carbons (Fsp3) is 0.267. The van der Waals surface area contributed by atoms with E-state index in [0.29, 0.717) is 11.1 Å². The molecule has 0 N–H and O–H groups in total. The largest absolute Gasteiger partial charge is 0.386 e. The van der Waals surface area contributed by atoms with E-state index in [4.69, 9.17) is 4.74 Å². The summed E-state index contributed by atoms with van der Waals surface area (Å²) in [7, 11) is 0. The molecule has 3 nitrogen and oxygen atoms in total. The lowest BCUT2D eigenvalue weighted by Gasteiger charge is -2.12. The van der Waals surface area contributed by atoms with Gasteiger partial charge in [0.05, 0.1) is 11.1 Å². The van der Waals surface area contributed by atoms with Crippen LogP contribution in [0.15, 0.2) is 72.8 Å². The summed E-state index contributed by atoms with van der Waals surface area (Å²) in [5.74, 6) is -1.23.